The van der Waals surface area contributed by atoms with Gasteiger partial charge in [0, 0.05) is 19.2 Å². The molecule has 0 saturated carbocycles. The number of nitrogens with zero attached hydrogens (tertiary/aromatic N) is 2. The first kappa shape index (κ1) is 19.3. The molecule has 6 nitrogen and oxygen atoms in total. The number of aromatic nitrogens is 1. The van der Waals surface area contributed by atoms with E-state index in [9.17, 15) is 14.0 Å². The molecule has 0 N–H and O–H groups in total. The van der Waals surface area contributed by atoms with Crippen LogP contribution in [0, 0.1) is 12.7 Å². The summed E-state index contributed by atoms with van der Waals surface area (Å²) in [5.41, 5.74) is 1.40. The molecule has 0 saturated heterocycles. The van der Waals surface area contributed by atoms with Gasteiger partial charge in [0.25, 0.3) is 5.91 Å². The second kappa shape index (κ2) is 8.47. The maximum Gasteiger partial charge on any atom is 0.361 e. The average Bonchev–Trinajstić information content (AvgIpc) is 3.08. The summed E-state index contributed by atoms with van der Waals surface area (Å²) in [6, 6.07) is 15.1. The van der Waals surface area contributed by atoms with E-state index in [4.69, 9.17) is 9.15 Å². The van der Waals surface area contributed by atoms with Crippen molar-refractivity contribution in [3.05, 3.63) is 77.4 Å². The van der Waals surface area contributed by atoms with Gasteiger partial charge in [0.1, 0.15) is 11.6 Å². The lowest BCUT2D eigenvalue weighted by Gasteiger charge is -2.17. The first-order valence-corrected chi connectivity index (χ1v) is 8.62. The van der Waals surface area contributed by atoms with Crippen LogP contribution in [0.5, 0.6) is 0 Å². The van der Waals surface area contributed by atoms with Gasteiger partial charge in [0.15, 0.2) is 12.3 Å². The Kier molecular flexibility index (Phi) is 5.84. The maximum absolute atomic E-state index is 13.2. The highest BCUT2D eigenvalue weighted by Crippen LogP contribution is 2.21. The van der Waals surface area contributed by atoms with Gasteiger partial charge >= 0.3 is 5.97 Å². The zero-order valence-electron chi connectivity index (χ0n) is 15.5. The molecule has 0 unspecified atom stereocenters. The highest BCUT2D eigenvalue weighted by atomic mass is 19.1. The van der Waals surface area contributed by atoms with Crippen LogP contribution in [0.25, 0.3) is 11.5 Å². The molecule has 0 bridgehead atoms. The Balaban J connectivity index is 1.59. The third-order valence-electron chi connectivity index (χ3n) is 4.07. The number of hydrogen-bond donors (Lipinski definition) is 0. The fourth-order valence-electron chi connectivity index (χ4n) is 2.59. The number of ether oxygens (including phenoxy) is 1. The fraction of sp³-hybridized carbons (Fsp3) is 0.190. The predicted octanol–water partition coefficient (Wildman–Crippen LogP) is 3.60. The summed E-state index contributed by atoms with van der Waals surface area (Å²) >= 11 is 0. The van der Waals surface area contributed by atoms with E-state index in [0.717, 1.165) is 5.56 Å². The molecule has 1 aromatic heterocycles. The molecule has 0 atom stereocenters. The van der Waals surface area contributed by atoms with Crippen LogP contribution in [0.4, 0.5) is 4.39 Å². The maximum atomic E-state index is 13.2. The smallest absolute Gasteiger partial charge is 0.361 e. The molecule has 0 aliphatic heterocycles. The van der Waals surface area contributed by atoms with Crippen LogP contribution in [0.2, 0.25) is 0 Å². The van der Waals surface area contributed by atoms with Crippen LogP contribution in [0.15, 0.2) is 59.0 Å². The van der Waals surface area contributed by atoms with E-state index in [1.807, 2.05) is 30.3 Å². The van der Waals surface area contributed by atoms with Crippen molar-refractivity contribution in [3.63, 3.8) is 0 Å². The van der Waals surface area contributed by atoms with Crippen LogP contribution < -0.4 is 0 Å². The van der Waals surface area contributed by atoms with Crippen molar-refractivity contribution in [1.82, 2.24) is 9.88 Å². The van der Waals surface area contributed by atoms with Crippen LogP contribution in [-0.4, -0.2) is 35.4 Å². The van der Waals surface area contributed by atoms with Gasteiger partial charge in [0.2, 0.25) is 5.89 Å². The van der Waals surface area contributed by atoms with E-state index in [1.54, 1.807) is 26.1 Å². The first-order chi connectivity index (χ1) is 13.4. The molecule has 1 heterocycles. The molecule has 0 radical (unpaired) electrons. The normalized spacial score (nSPS) is 10.5. The highest BCUT2D eigenvalue weighted by molar-refractivity contribution is 5.90. The molecule has 0 aliphatic carbocycles. The van der Waals surface area contributed by atoms with Crippen LogP contribution in [0.1, 0.15) is 21.8 Å². The Morgan fingerprint density at radius 1 is 1.14 bits per heavy atom. The number of hydrogen-bond acceptors (Lipinski definition) is 5. The Bertz CT molecular complexity index is 985. The van der Waals surface area contributed by atoms with Crippen molar-refractivity contribution in [2.45, 2.75) is 13.5 Å². The molecule has 3 aromatic rings. The molecule has 2 aromatic carbocycles. The third kappa shape index (κ3) is 4.62. The Hall–Kier alpha value is -3.48. The molecule has 144 valence electrons. The van der Waals surface area contributed by atoms with Crippen molar-refractivity contribution >= 4 is 11.9 Å². The molecule has 0 fully saturated rings. The molecule has 0 spiro atoms. The lowest BCUT2D eigenvalue weighted by Crippen LogP contribution is -2.31. The second-order valence-electron chi connectivity index (χ2n) is 6.25. The lowest BCUT2D eigenvalue weighted by molar-refractivity contribution is -0.133. The molecule has 1 amide bonds. The van der Waals surface area contributed by atoms with Crippen molar-refractivity contribution in [2.75, 3.05) is 13.7 Å². The van der Waals surface area contributed by atoms with Gasteiger partial charge in [-0.25, -0.2) is 14.2 Å². The quantitative estimate of drug-likeness (QED) is 0.609. The second-order valence-corrected chi connectivity index (χ2v) is 6.25. The van der Waals surface area contributed by atoms with Crippen molar-refractivity contribution in [2.24, 2.45) is 0 Å². The van der Waals surface area contributed by atoms with Gasteiger partial charge in [-0.2, -0.15) is 0 Å². The largest absolute Gasteiger partial charge is 0.451 e. The molecular formula is C21H19FN2O4. The minimum atomic E-state index is -0.740. The van der Waals surface area contributed by atoms with E-state index in [1.165, 1.54) is 17.0 Å². The summed E-state index contributed by atoms with van der Waals surface area (Å²) < 4.78 is 23.8. The number of carbonyl (C=O) groups excluding carboxylic acids is 2. The Labute approximate surface area is 161 Å². The van der Waals surface area contributed by atoms with Gasteiger partial charge in [-0.05, 0) is 36.8 Å². The average molecular weight is 382 g/mol. The Morgan fingerprint density at radius 3 is 2.61 bits per heavy atom. The Morgan fingerprint density at radius 2 is 1.89 bits per heavy atom. The molecule has 28 heavy (non-hydrogen) atoms. The summed E-state index contributed by atoms with van der Waals surface area (Å²) in [6.07, 6.45) is 0. The number of benzene rings is 2. The number of halogens is 1. The number of amides is 1. The van der Waals surface area contributed by atoms with E-state index in [-0.39, 0.29) is 18.1 Å². The summed E-state index contributed by atoms with van der Waals surface area (Å²) in [5.74, 6) is -0.914. The summed E-state index contributed by atoms with van der Waals surface area (Å²) in [5, 5.41) is 0. The standard InChI is InChI=1S/C21H19FN2O4/c1-14-19(23-20(28-14)16-8-4-3-5-9-16)21(26)27-13-18(25)24(2)12-15-7-6-10-17(22)11-15/h3-11H,12-13H2,1-2H3. The van der Waals surface area contributed by atoms with Gasteiger partial charge in [0.05, 0.1) is 0 Å². The summed E-state index contributed by atoms with van der Waals surface area (Å²) in [7, 11) is 1.55. The predicted molar refractivity (Wildman–Crippen MR) is 99.8 cm³/mol. The zero-order chi connectivity index (χ0) is 20.1. The fourth-order valence-corrected chi connectivity index (χ4v) is 2.59. The van der Waals surface area contributed by atoms with E-state index >= 15 is 0 Å². The van der Waals surface area contributed by atoms with Crippen molar-refractivity contribution in [1.29, 1.82) is 0 Å². The number of rotatable bonds is 6. The SMILES string of the molecule is Cc1oc(-c2ccccc2)nc1C(=O)OCC(=O)N(C)Cc1cccc(F)c1. The first-order valence-electron chi connectivity index (χ1n) is 8.62. The number of oxazole rings is 1. The van der Waals surface area contributed by atoms with Gasteiger partial charge in [-0.1, -0.05) is 30.3 Å². The monoisotopic (exact) mass is 382 g/mol. The molecule has 3 rings (SSSR count). The van der Waals surface area contributed by atoms with Crippen LogP contribution >= 0.6 is 0 Å². The minimum absolute atomic E-state index is 0.0273. The topological polar surface area (TPSA) is 72.6 Å². The third-order valence-corrected chi connectivity index (χ3v) is 4.07. The van der Waals surface area contributed by atoms with Gasteiger partial charge in [-0.3, -0.25) is 4.79 Å². The van der Waals surface area contributed by atoms with Crippen LogP contribution in [-0.2, 0) is 16.1 Å². The molecule has 0 aliphatic rings. The van der Waals surface area contributed by atoms with Gasteiger partial charge < -0.3 is 14.1 Å². The lowest BCUT2D eigenvalue weighted by atomic mass is 10.2. The van der Waals surface area contributed by atoms with E-state index in [0.29, 0.717) is 17.2 Å². The summed E-state index contributed by atoms with van der Waals surface area (Å²) in [4.78, 5) is 30.0. The van der Waals surface area contributed by atoms with Crippen molar-refractivity contribution in [3.8, 4) is 11.5 Å². The van der Waals surface area contributed by atoms with E-state index < -0.39 is 18.5 Å². The number of aryl methyl sites for hydroxylation is 1. The van der Waals surface area contributed by atoms with Gasteiger partial charge in [-0.15, -0.1) is 0 Å². The summed E-state index contributed by atoms with van der Waals surface area (Å²) in [6.45, 7) is 1.36. The highest BCUT2D eigenvalue weighted by Gasteiger charge is 2.21. The number of esters is 1. The minimum Gasteiger partial charge on any atom is -0.451 e. The number of likely N-dealkylation sites (N-methyl/N-ethyl adjacent to an activating group) is 1. The van der Waals surface area contributed by atoms with Crippen LogP contribution in [0.3, 0.4) is 0 Å². The van der Waals surface area contributed by atoms with Crippen molar-refractivity contribution < 1.29 is 23.1 Å². The zero-order valence-corrected chi connectivity index (χ0v) is 15.5. The van der Waals surface area contributed by atoms with E-state index in [2.05, 4.69) is 4.98 Å². The molecule has 7 heteroatoms. The number of carbonyl (C=O) groups is 2. The molecular weight excluding hydrogens is 363 g/mol.